The van der Waals surface area contributed by atoms with Gasteiger partial charge in [-0.1, -0.05) is 17.7 Å². The molecule has 0 unspecified atom stereocenters. The average molecular weight is 393 g/mol. The lowest BCUT2D eigenvalue weighted by molar-refractivity contribution is 0.210. The van der Waals surface area contributed by atoms with E-state index >= 15 is 0 Å². The lowest BCUT2D eigenvalue weighted by atomic mass is 9.96. The third-order valence-corrected chi connectivity index (χ3v) is 4.80. The maximum atomic E-state index is 13.5. The molecule has 8 heteroatoms. The van der Waals surface area contributed by atoms with E-state index in [0.717, 1.165) is 17.2 Å². The van der Waals surface area contributed by atoms with Crippen molar-refractivity contribution < 1.29 is 13.5 Å². The van der Waals surface area contributed by atoms with Gasteiger partial charge in [0, 0.05) is 38.9 Å². The number of hydrogen-bond acceptors (Lipinski definition) is 5. The Hall–Kier alpha value is -2.27. The molecule has 27 heavy (non-hydrogen) atoms. The molecular formula is C19H19ClF2N4O. The first-order valence-corrected chi connectivity index (χ1v) is 8.91. The molecule has 0 saturated carbocycles. The molecule has 0 fully saturated rings. The van der Waals surface area contributed by atoms with Crippen LogP contribution >= 0.6 is 11.6 Å². The summed E-state index contributed by atoms with van der Waals surface area (Å²) < 4.78 is 31.7. The maximum Gasteiger partial charge on any atom is 0.159 e. The first kappa shape index (κ1) is 19.5. The lowest BCUT2D eigenvalue weighted by Gasteiger charge is -2.31. The zero-order valence-corrected chi connectivity index (χ0v) is 15.6. The molecule has 0 spiro atoms. The monoisotopic (exact) mass is 392 g/mol. The van der Waals surface area contributed by atoms with E-state index in [0.29, 0.717) is 56.2 Å². The van der Waals surface area contributed by atoms with E-state index in [1.807, 2.05) is 0 Å². The van der Waals surface area contributed by atoms with Gasteiger partial charge >= 0.3 is 0 Å². The largest absolute Gasteiger partial charge is 0.383 e. The molecule has 0 amide bonds. The van der Waals surface area contributed by atoms with Crippen LogP contribution in [0.3, 0.4) is 0 Å². The van der Waals surface area contributed by atoms with Crippen molar-refractivity contribution in [2.24, 2.45) is 0 Å². The SMILES string of the molecule is COCCNc1nc(Cl)c(C#N)c2c1CN(Cc1ccc(F)c(F)c1)CC2. The van der Waals surface area contributed by atoms with Crippen molar-refractivity contribution in [3.63, 3.8) is 0 Å². The molecular weight excluding hydrogens is 374 g/mol. The number of fused-ring (bicyclic) bond motifs is 1. The van der Waals surface area contributed by atoms with Gasteiger partial charge in [-0.25, -0.2) is 13.8 Å². The highest BCUT2D eigenvalue weighted by molar-refractivity contribution is 6.30. The molecule has 1 aliphatic heterocycles. The molecule has 1 aliphatic rings. The minimum absolute atomic E-state index is 0.185. The second kappa shape index (κ2) is 8.61. The molecule has 5 nitrogen and oxygen atoms in total. The van der Waals surface area contributed by atoms with Crippen LogP contribution < -0.4 is 5.32 Å². The second-order valence-corrected chi connectivity index (χ2v) is 6.68. The number of aromatic nitrogens is 1. The Morgan fingerprint density at radius 3 is 2.85 bits per heavy atom. The fourth-order valence-electron chi connectivity index (χ4n) is 3.22. The van der Waals surface area contributed by atoms with Crippen molar-refractivity contribution in [1.82, 2.24) is 9.88 Å². The molecule has 142 valence electrons. The number of rotatable bonds is 6. The predicted octanol–water partition coefficient (Wildman–Crippen LogP) is 3.50. The zero-order valence-electron chi connectivity index (χ0n) is 14.9. The van der Waals surface area contributed by atoms with Gasteiger partial charge in [0.15, 0.2) is 11.6 Å². The Bertz CT molecular complexity index is 885. The lowest BCUT2D eigenvalue weighted by Crippen LogP contribution is -2.32. The molecule has 0 bridgehead atoms. The third kappa shape index (κ3) is 4.35. The van der Waals surface area contributed by atoms with Gasteiger partial charge in [-0.15, -0.1) is 0 Å². The van der Waals surface area contributed by atoms with E-state index in [9.17, 15) is 14.0 Å². The van der Waals surface area contributed by atoms with Crippen LogP contribution in [0.4, 0.5) is 14.6 Å². The van der Waals surface area contributed by atoms with Crippen LogP contribution in [0.25, 0.3) is 0 Å². The number of halogens is 3. The van der Waals surface area contributed by atoms with Crippen LogP contribution in [0.1, 0.15) is 22.3 Å². The van der Waals surface area contributed by atoms with E-state index < -0.39 is 11.6 Å². The summed E-state index contributed by atoms with van der Waals surface area (Å²) in [7, 11) is 1.61. The van der Waals surface area contributed by atoms with Gasteiger partial charge < -0.3 is 10.1 Å². The Labute approximate surface area is 161 Å². The van der Waals surface area contributed by atoms with E-state index in [2.05, 4.69) is 21.3 Å². The summed E-state index contributed by atoms with van der Waals surface area (Å²) in [5.74, 6) is -1.09. The normalized spacial score (nSPS) is 13.9. The minimum Gasteiger partial charge on any atom is -0.383 e. The van der Waals surface area contributed by atoms with Crippen LogP contribution in [0.15, 0.2) is 18.2 Å². The highest BCUT2D eigenvalue weighted by Crippen LogP contribution is 2.32. The quantitative estimate of drug-likeness (QED) is 0.602. The van der Waals surface area contributed by atoms with Crippen LogP contribution in [-0.2, 0) is 24.2 Å². The summed E-state index contributed by atoms with van der Waals surface area (Å²) in [6, 6.07) is 6.06. The highest BCUT2D eigenvalue weighted by Gasteiger charge is 2.25. The summed E-state index contributed by atoms with van der Waals surface area (Å²) in [5.41, 5.74) is 2.88. The number of anilines is 1. The van der Waals surface area contributed by atoms with Crippen LogP contribution in [0.2, 0.25) is 5.15 Å². The zero-order chi connectivity index (χ0) is 19.4. The molecule has 1 N–H and O–H groups in total. The standard InChI is InChI=1S/C19H19ClF2N4O/c1-27-7-5-24-19-15-11-26(10-12-2-3-16(21)17(22)8-12)6-4-13(15)14(9-23)18(20)25-19/h2-3,8H,4-7,10-11H2,1H3,(H,24,25). The number of nitrogens with zero attached hydrogens (tertiary/aromatic N) is 3. The van der Waals surface area contributed by atoms with Gasteiger partial charge in [0.2, 0.25) is 0 Å². The van der Waals surface area contributed by atoms with Crippen LogP contribution in [-0.4, -0.2) is 36.7 Å². The van der Waals surface area contributed by atoms with Crippen molar-refractivity contribution in [2.45, 2.75) is 19.5 Å². The third-order valence-electron chi connectivity index (χ3n) is 4.53. The minimum atomic E-state index is -0.857. The Kier molecular flexibility index (Phi) is 6.22. The maximum absolute atomic E-state index is 13.5. The topological polar surface area (TPSA) is 61.2 Å². The number of pyridine rings is 1. The summed E-state index contributed by atoms with van der Waals surface area (Å²) >= 11 is 6.18. The summed E-state index contributed by atoms with van der Waals surface area (Å²) in [5, 5.41) is 12.8. The number of benzene rings is 1. The first-order chi connectivity index (χ1) is 13.0. The van der Waals surface area contributed by atoms with Gasteiger partial charge in [-0.3, -0.25) is 4.90 Å². The molecule has 0 atom stereocenters. The fraction of sp³-hybridized carbons (Fsp3) is 0.368. The summed E-state index contributed by atoms with van der Waals surface area (Å²) in [6.45, 7) is 2.74. The predicted molar refractivity (Wildman–Crippen MR) is 98.5 cm³/mol. The van der Waals surface area contributed by atoms with Gasteiger partial charge in [0.25, 0.3) is 0 Å². The molecule has 1 aromatic carbocycles. The second-order valence-electron chi connectivity index (χ2n) is 6.32. The number of methoxy groups -OCH3 is 1. The van der Waals surface area contributed by atoms with Gasteiger partial charge in [0.05, 0.1) is 12.2 Å². The van der Waals surface area contributed by atoms with E-state index in [4.69, 9.17) is 16.3 Å². The van der Waals surface area contributed by atoms with Crippen molar-refractivity contribution >= 4 is 17.4 Å². The smallest absolute Gasteiger partial charge is 0.159 e. The average Bonchev–Trinajstić information content (AvgIpc) is 2.65. The Balaban J connectivity index is 1.85. The molecule has 3 rings (SSSR count). The van der Waals surface area contributed by atoms with Crippen molar-refractivity contribution in [3.8, 4) is 6.07 Å². The van der Waals surface area contributed by atoms with E-state index in [1.54, 1.807) is 13.2 Å². The van der Waals surface area contributed by atoms with Gasteiger partial charge in [-0.2, -0.15) is 5.26 Å². The van der Waals surface area contributed by atoms with E-state index in [1.165, 1.54) is 6.07 Å². The number of nitrogens with one attached hydrogen (secondary N) is 1. The molecule has 2 heterocycles. The van der Waals surface area contributed by atoms with Crippen LogP contribution in [0, 0.1) is 23.0 Å². The highest BCUT2D eigenvalue weighted by atomic mass is 35.5. The molecule has 2 aromatic rings. The molecule has 0 aliphatic carbocycles. The van der Waals surface area contributed by atoms with E-state index in [-0.39, 0.29) is 5.15 Å². The van der Waals surface area contributed by atoms with Gasteiger partial charge in [0.1, 0.15) is 17.0 Å². The molecule has 0 saturated heterocycles. The van der Waals surface area contributed by atoms with Gasteiger partial charge in [-0.05, 0) is 29.7 Å². The fourth-order valence-corrected chi connectivity index (χ4v) is 3.46. The Morgan fingerprint density at radius 2 is 2.15 bits per heavy atom. The van der Waals surface area contributed by atoms with Crippen molar-refractivity contribution in [1.29, 1.82) is 5.26 Å². The first-order valence-electron chi connectivity index (χ1n) is 8.54. The molecule has 0 radical (unpaired) electrons. The van der Waals surface area contributed by atoms with Crippen LogP contribution in [0.5, 0.6) is 0 Å². The molecule has 1 aromatic heterocycles. The number of nitriles is 1. The number of hydrogen-bond donors (Lipinski definition) is 1. The summed E-state index contributed by atoms with van der Waals surface area (Å²) in [6.07, 6.45) is 0.628. The van der Waals surface area contributed by atoms with Crippen molar-refractivity contribution in [2.75, 3.05) is 32.1 Å². The number of ether oxygens (including phenoxy) is 1. The summed E-state index contributed by atoms with van der Waals surface area (Å²) in [4.78, 5) is 6.44. The van der Waals surface area contributed by atoms with Crippen molar-refractivity contribution in [3.05, 3.63) is 57.2 Å². The Morgan fingerprint density at radius 1 is 1.33 bits per heavy atom.